The summed E-state index contributed by atoms with van der Waals surface area (Å²) in [6.45, 7) is 1.13. The molecule has 1 aliphatic heterocycles. The lowest BCUT2D eigenvalue weighted by atomic mass is 10.2. The van der Waals surface area contributed by atoms with Crippen LogP contribution in [0.25, 0.3) is 0 Å². The molecule has 178 valence electrons. The number of aryl methyl sites for hydroxylation is 1. The molecule has 0 aliphatic carbocycles. The van der Waals surface area contributed by atoms with E-state index in [9.17, 15) is 14.4 Å². The lowest BCUT2D eigenvalue weighted by molar-refractivity contribution is -0.142. The molecule has 2 heterocycles. The number of hydrogen-bond acceptors (Lipinski definition) is 7. The quantitative estimate of drug-likeness (QED) is 0.492. The Morgan fingerprint density at radius 2 is 1.97 bits per heavy atom. The van der Waals surface area contributed by atoms with Gasteiger partial charge in [0.25, 0.3) is 0 Å². The van der Waals surface area contributed by atoms with Crippen LogP contribution in [0.15, 0.2) is 41.8 Å². The van der Waals surface area contributed by atoms with Crippen LogP contribution in [0.5, 0.6) is 5.75 Å². The minimum Gasteiger partial charge on any atom is -0.497 e. The average Bonchev–Trinajstić information content (AvgIpc) is 3.30. The molecule has 1 atom stereocenters. The number of carbonyl (C=O) groups is 3. The fourth-order valence-corrected chi connectivity index (χ4v) is 4.35. The third kappa shape index (κ3) is 7.57. The van der Waals surface area contributed by atoms with Crippen molar-refractivity contribution in [2.24, 2.45) is 0 Å². The van der Waals surface area contributed by atoms with E-state index in [0.29, 0.717) is 32.5 Å². The number of ether oxygens (including phenoxy) is 3. The highest BCUT2D eigenvalue weighted by atomic mass is 32.1. The maximum atomic E-state index is 12.9. The first-order valence-electron chi connectivity index (χ1n) is 10.9. The van der Waals surface area contributed by atoms with Crippen LogP contribution in [-0.4, -0.2) is 74.1 Å². The van der Waals surface area contributed by atoms with Crippen molar-refractivity contribution < 1.29 is 28.6 Å². The molecule has 0 N–H and O–H groups in total. The second kappa shape index (κ2) is 12.4. The minimum absolute atomic E-state index is 0.0243. The molecule has 3 rings (SSSR count). The molecule has 0 saturated carbocycles. The lowest BCUT2D eigenvalue weighted by Gasteiger charge is -2.25. The van der Waals surface area contributed by atoms with E-state index in [1.54, 1.807) is 28.2 Å². The predicted octanol–water partition coefficient (Wildman–Crippen LogP) is 2.51. The summed E-state index contributed by atoms with van der Waals surface area (Å²) in [5.41, 5.74) is 0.932. The van der Waals surface area contributed by atoms with Crippen LogP contribution >= 0.6 is 11.3 Å². The van der Waals surface area contributed by atoms with Crippen molar-refractivity contribution in [2.45, 2.75) is 32.0 Å². The molecule has 1 aliphatic rings. The first-order chi connectivity index (χ1) is 16.0. The van der Waals surface area contributed by atoms with E-state index in [4.69, 9.17) is 14.2 Å². The molecule has 2 aromatic rings. The largest absolute Gasteiger partial charge is 0.497 e. The fourth-order valence-electron chi connectivity index (χ4n) is 3.64. The van der Waals surface area contributed by atoms with Gasteiger partial charge < -0.3 is 24.0 Å². The Morgan fingerprint density at radius 1 is 1.12 bits per heavy atom. The zero-order valence-corrected chi connectivity index (χ0v) is 19.8. The van der Waals surface area contributed by atoms with Crippen LogP contribution < -0.4 is 4.74 Å². The number of hydrogen-bond donors (Lipinski definition) is 0. The number of benzene rings is 1. The molecule has 1 fully saturated rings. The Bertz CT molecular complexity index is 933. The summed E-state index contributed by atoms with van der Waals surface area (Å²) >= 11 is 1.61. The molecule has 2 amide bonds. The SMILES string of the molecule is COC(=O)CCN1CC(OCc2cccc(OC)c2)CN(C(=O)CCc2cccs2)CC1=O. The van der Waals surface area contributed by atoms with Crippen molar-refractivity contribution in [3.63, 3.8) is 0 Å². The van der Waals surface area contributed by atoms with Gasteiger partial charge in [-0.3, -0.25) is 14.4 Å². The summed E-state index contributed by atoms with van der Waals surface area (Å²) in [5, 5.41) is 1.98. The van der Waals surface area contributed by atoms with Crippen molar-refractivity contribution >= 4 is 29.1 Å². The molecule has 33 heavy (non-hydrogen) atoms. The Balaban J connectivity index is 1.67. The first kappa shape index (κ1) is 24.7. The van der Waals surface area contributed by atoms with Gasteiger partial charge in [0.2, 0.25) is 11.8 Å². The number of carbonyl (C=O) groups excluding carboxylic acids is 3. The van der Waals surface area contributed by atoms with Gasteiger partial charge in [0.1, 0.15) is 5.75 Å². The van der Waals surface area contributed by atoms with Gasteiger partial charge in [-0.2, -0.15) is 0 Å². The summed E-state index contributed by atoms with van der Waals surface area (Å²) in [6.07, 6.45) is 0.684. The second-order valence-corrected chi connectivity index (χ2v) is 8.84. The Kier molecular flexibility index (Phi) is 9.26. The number of thiophene rings is 1. The summed E-state index contributed by atoms with van der Waals surface area (Å²) in [6, 6.07) is 11.5. The van der Waals surface area contributed by atoms with Gasteiger partial charge in [-0.1, -0.05) is 18.2 Å². The summed E-state index contributed by atoms with van der Waals surface area (Å²) in [4.78, 5) is 41.7. The Hall–Kier alpha value is -2.91. The number of rotatable bonds is 10. The van der Waals surface area contributed by atoms with Crippen molar-refractivity contribution in [3.05, 3.63) is 52.2 Å². The van der Waals surface area contributed by atoms with Crippen LogP contribution in [0.2, 0.25) is 0 Å². The molecule has 1 aromatic heterocycles. The van der Waals surface area contributed by atoms with Gasteiger partial charge in [-0.25, -0.2) is 0 Å². The van der Waals surface area contributed by atoms with E-state index in [-0.39, 0.29) is 43.4 Å². The smallest absolute Gasteiger partial charge is 0.307 e. The van der Waals surface area contributed by atoms with Crippen LogP contribution in [-0.2, 0) is 36.9 Å². The van der Waals surface area contributed by atoms with Gasteiger partial charge >= 0.3 is 5.97 Å². The summed E-state index contributed by atoms with van der Waals surface area (Å²) < 4.78 is 16.1. The van der Waals surface area contributed by atoms with Crippen LogP contribution in [0.4, 0.5) is 0 Å². The van der Waals surface area contributed by atoms with Gasteiger partial charge in [-0.15, -0.1) is 11.3 Å². The zero-order valence-electron chi connectivity index (χ0n) is 19.0. The van der Waals surface area contributed by atoms with E-state index < -0.39 is 0 Å². The van der Waals surface area contributed by atoms with Gasteiger partial charge in [0.05, 0.1) is 39.9 Å². The number of amides is 2. The predicted molar refractivity (Wildman–Crippen MR) is 124 cm³/mol. The zero-order chi connectivity index (χ0) is 23.6. The number of esters is 1. The standard InChI is InChI=1S/C24H30N2O6S/c1-30-19-6-3-5-18(13-19)17-32-20-14-25(11-10-24(29)31-2)23(28)16-26(15-20)22(27)9-8-21-7-4-12-33-21/h3-7,12-13,20H,8-11,14-17H2,1-2H3. The maximum Gasteiger partial charge on any atom is 0.307 e. The Labute approximate surface area is 198 Å². The van der Waals surface area contributed by atoms with E-state index in [1.165, 1.54) is 7.11 Å². The monoisotopic (exact) mass is 474 g/mol. The lowest BCUT2D eigenvalue weighted by Crippen LogP contribution is -2.40. The van der Waals surface area contributed by atoms with Crippen LogP contribution in [0.3, 0.4) is 0 Å². The fraction of sp³-hybridized carbons (Fsp3) is 0.458. The molecular formula is C24H30N2O6S. The molecule has 8 nitrogen and oxygen atoms in total. The summed E-state index contributed by atoms with van der Waals surface area (Å²) in [5.74, 6) is 0.0689. The molecule has 0 radical (unpaired) electrons. The van der Waals surface area contributed by atoms with Crippen molar-refractivity contribution in [3.8, 4) is 5.75 Å². The highest BCUT2D eigenvalue weighted by Gasteiger charge is 2.31. The highest BCUT2D eigenvalue weighted by molar-refractivity contribution is 7.09. The topological polar surface area (TPSA) is 85.4 Å². The van der Waals surface area contributed by atoms with Crippen LogP contribution in [0, 0.1) is 0 Å². The highest BCUT2D eigenvalue weighted by Crippen LogP contribution is 2.17. The number of methoxy groups -OCH3 is 2. The third-order valence-corrected chi connectivity index (χ3v) is 6.41. The van der Waals surface area contributed by atoms with E-state index in [0.717, 1.165) is 16.2 Å². The molecule has 9 heteroatoms. The van der Waals surface area contributed by atoms with Crippen molar-refractivity contribution in [1.29, 1.82) is 0 Å². The van der Waals surface area contributed by atoms with E-state index >= 15 is 0 Å². The average molecular weight is 475 g/mol. The first-order valence-corrected chi connectivity index (χ1v) is 11.8. The Morgan fingerprint density at radius 3 is 2.70 bits per heavy atom. The molecule has 1 aromatic carbocycles. The second-order valence-electron chi connectivity index (χ2n) is 7.80. The minimum atomic E-state index is -0.384. The molecule has 0 bridgehead atoms. The molecule has 1 unspecified atom stereocenters. The molecule has 1 saturated heterocycles. The number of nitrogens with zero attached hydrogens (tertiary/aromatic N) is 2. The molecule has 0 spiro atoms. The van der Waals surface area contributed by atoms with E-state index in [1.807, 2.05) is 41.8 Å². The third-order valence-electron chi connectivity index (χ3n) is 5.48. The van der Waals surface area contributed by atoms with Gasteiger partial charge in [0.15, 0.2) is 0 Å². The van der Waals surface area contributed by atoms with Crippen molar-refractivity contribution in [2.75, 3.05) is 40.4 Å². The maximum absolute atomic E-state index is 12.9. The summed E-state index contributed by atoms with van der Waals surface area (Å²) in [7, 11) is 2.93. The van der Waals surface area contributed by atoms with Crippen LogP contribution in [0.1, 0.15) is 23.3 Å². The van der Waals surface area contributed by atoms with Crippen molar-refractivity contribution in [1.82, 2.24) is 9.80 Å². The molecular weight excluding hydrogens is 444 g/mol. The van der Waals surface area contributed by atoms with Gasteiger partial charge in [-0.05, 0) is 35.6 Å². The van der Waals surface area contributed by atoms with E-state index in [2.05, 4.69) is 0 Å². The normalized spacial score (nSPS) is 16.4. The van der Waals surface area contributed by atoms with Gasteiger partial charge in [0, 0.05) is 30.9 Å².